The van der Waals surface area contributed by atoms with E-state index in [9.17, 15) is 4.79 Å². The van der Waals surface area contributed by atoms with Crippen LogP contribution >= 0.6 is 24.0 Å². The van der Waals surface area contributed by atoms with Gasteiger partial charge in [0.2, 0.25) is 0 Å². The number of ether oxygens (including phenoxy) is 2. The molecule has 1 aromatic rings. The summed E-state index contributed by atoms with van der Waals surface area (Å²) in [4.78, 5) is 16.2. The lowest BCUT2D eigenvalue weighted by molar-refractivity contribution is -0.123. The number of likely N-dealkylation sites (N-methyl/N-ethyl adjacent to an activating group) is 1. The number of hydrogen-bond donors (Lipinski definition) is 3. The largest absolute Gasteiger partial charge is 0.493 e. The van der Waals surface area contributed by atoms with Crippen molar-refractivity contribution in [3.05, 3.63) is 23.8 Å². The maximum Gasteiger partial charge on any atom is 0.257 e. The van der Waals surface area contributed by atoms with Gasteiger partial charge in [-0.25, -0.2) is 4.99 Å². The van der Waals surface area contributed by atoms with Crippen LogP contribution in [0.15, 0.2) is 23.2 Å². The molecule has 0 unspecified atom stereocenters. The molecule has 166 valence electrons. The zero-order valence-electron chi connectivity index (χ0n) is 18.2. The highest BCUT2D eigenvalue weighted by Gasteiger charge is 2.08. The number of unbranched alkanes of at least 4 members (excludes halogenated alkanes) is 3. The minimum absolute atomic E-state index is 0. The fourth-order valence-corrected chi connectivity index (χ4v) is 2.59. The Kier molecular flexibility index (Phi) is 16.2. The molecule has 0 aliphatic carbocycles. The summed E-state index contributed by atoms with van der Waals surface area (Å²) in [7, 11) is 1.59. The Hall–Kier alpha value is -1.71. The van der Waals surface area contributed by atoms with E-state index >= 15 is 0 Å². The SMILES string of the molecule is CCCCCCNC(=NCc1ccc(OCC(=O)NCC)c(OC)c1)NCC.I. The molecule has 0 saturated heterocycles. The smallest absolute Gasteiger partial charge is 0.257 e. The first-order valence-electron chi connectivity index (χ1n) is 10.2. The number of aliphatic imine (C=N–C) groups is 1. The maximum absolute atomic E-state index is 11.6. The van der Waals surface area contributed by atoms with E-state index in [2.05, 4.69) is 34.8 Å². The summed E-state index contributed by atoms with van der Waals surface area (Å²) in [6.07, 6.45) is 4.88. The first kappa shape index (κ1) is 27.3. The predicted molar refractivity (Wildman–Crippen MR) is 130 cm³/mol. The molecule has 0 bridgehead atoms. The molecule has 0 fully saturated rings. The number of hydrogen-bond acceptors (Lipinski definition) is 4. The molecule has 0 aliphatic rings. The number of rotatable bonds is 13. The lowest BCUT2D eigenvalue weighted by atomic mass is 10.2. The molecule has 29 heavy (non-hydrogen) atoms. The van der Waals surface area contributed by atoms with Gasteiger partial charge in [0.05, 0.1) is 13.7 Å². The Bertz CT molecular complexity index is 612. The van der Waals surface area contributed by atoms with Gasteiger partial charge < -0.3 is 25.4 Å². The highest BCUT2D eigenvalue weighted by Crippen LogP contribution is 2.28. The van der Waals surface area contributed by atoms with Crippen LogP contribution in [0.2, 0.25) is 0 Å². The Morgan fingerprint density at radius 2 is 1.76 bits per heavy atom. The van der Waals surface area contributed by atoms with Crippen molar-refractivity contribution in [2.75, 3.05) is 33.4 Å². The summed E-state index contributed by atoms with van der Waals surface area (Å²) in [5.41, 5.74) is 1.00. The van der Waals surface area contributed by atoms with E-state index < -0.39 is 0 Å². The van der Waals surface area contributed by atoms with E-state index in [1.165, 1.54) is 19.3 Å². The van der Waals surface area contributed by atoms with Crippen molar-refractivity contribution in [2.45, 2.75) is 53.0 Å². The van der Waals surface area contributed by atoms with E-state index in [1.54, 1.807) is 7.11 Å². The van der Waals surface area contributed by atoms with E-state index in [0.29, 0.717) is 24.6 Å². The van der Waals surface area contributed by atoms with Gasteiger partial charge in [-0.2, -0.15) is 0 Å². The van der Waals surface area contributed by atoms with Gasteiger partial charge in [0.25, 0.3) is 5.91 Å². The number of nitrogens with one attached hydrogen (secondary N) is 3. The van der Waals surface area contributed by atoms with Gasteiger partial charge in [0, 0.05) is 19.6 Å². The first-order valence-corrected chi connectivity index (χ1v) is 10.2. The average Bonchev–Trinajstić information content (AvgIpc) is 2.70. The number of amides is 1. The van der Waals surface area contributed by atoms with Gasteiger partial charge in [-0.15, -0.1) is 24.0 Å². The number of methoxy groups -OCH3 is 1. The molecule has 3 N–H and O–H groups in total. The van der Waals surface area contributed by atoms with Crippen molar-refractivity contribution >= 4 is 35.8 Å². The second-order valence-electron chi connectivity index (χ2n) is 6.41. The van der Waals surface area contributed by atoms with Crippen LogP contribution in [0.4, 0.5) is 0 Å². The van der Waals surface area contributed by atoms with Gasteiger partial charge in [-0.3, -0.25) is 4.79 Å². The molecule has 0 heterocycles. The summed E-state index contributed by atoms with van der Waals surface area (Å²) >= 11 is 0. The fraction of sp³-hybridized carbons (Fsp3) is 0.619. The van der Waals surface area contributed by atoms with Crippen LogP contribution in [0.3, 0.4) is 0 Å². The molecule has 0 radical (unpaired) electrons. The Balaban J connectivity index is 0.00000784. The molecule has 7 nitrogen and oxygen atoms in total. The lowest BCUT2D eigenvalue weighted by Crippen LogP contribution is -2.37. The normalized spacial score (nSPS) is 10.7. The van der Waals surface area contributed by atoms with Gasteiger partial charge >= 0.3 is 0 Å². The van der Waals surface area contributed by atoms with E-state index in [1.807, 2.05) is 25.1 Å². The van der Waals surface area contributed by atoms with Crippen LogP contribution in [-0.2, 0) is 11.3 Å². The van der Waals surface area contributed by atoms with Crippen LogP contribution in [0.1, 0.15) is 52.0 Å². The van der Waals surface area contributed by atoms with Crippen LogP contribution in [0.5, 0.6) is 11.5 Å². The third-order valence-electron chi connectivity index (χ3n) is 4.05. The molecule has 1 aromatic carbocycles. The second-order valence-corrected chi connectivity index (χ2v) is 6.41. The molecule has 0 aromatic heterocycles. The summed E-state index contributed by atoms with van der Waals surface area (Å²) in [6, 6.07) is 5.64. The number of carbonyl (C=O) groups is 1. The average molecular weight is 520 g/mol. The van der Waals surface area contributed by atoms with Crippen LogP contribution in [0.25, 0.3) is 0 Å². The third kappa shape index (κ3) is 11.8. The molecule has 0 atom stereocenters. The predicted octanol–water partition coefficient (Wildman–Crippen LogP) is 3.46. The highest BCUT2D eigenvalue weighted by atomic mass is 127. The molecule has 8 heteroatoms. The molecule has 0 saturated carbocycles. The van der Waals surface area contributed by atoms with Gasteiger partial charge in [-0.1, -0.05) is 32.3 Å². The van der Waals surface area contributed by atoms with Crippen molar-refractivity contribution in [3.63, 3.8) is 0 Å². The van der Waals surface area contributed by atoms with E-state index in [-0.39, 0.29) is 36.5 Å². The van der Waals surface area contributed by atoms with Crippen LogP contribution < -0.4 is 25.4 Å². The van der Waals surface area contributed by atoms with Crippen molar-refractivity contribution < 1.29 is 14.3 Å². The molecule has 1 rings (SSSR count). The summed E-state index contributed by atoms with van der Waals surface area (Å²) < 4.78 is 10.9. The van der Waals surface area contributed by atoms with Crippen LogP contribution in [-0.4, -0.2) is 45.2 Å². The standard InChI is InChI=1S/C21H36N4O3.HI/c1-5-8-9-10-13-24-21(23-7-3)25-15-17-11-12-18(19(14-17)27-4)28-16-20(26)22-6-2;/h11-12,14H,5-10,13,15-16H2,1-4H3,(H,22,26)(H2,23,24,25);1H. The quantitative estimate of drug-likeness (QED) is 0.161. The van der Waals surface area contributed by atoms with Crippen LogP contribution in [0, 0.1) is 0 Å². The minimum atomic E-state index is -0.154. The van der Waals surface area contributed by atoms with E-state index in [0.717, 1.165) is 31.0 Å². The molecule has 1 amide bonds. The maximum atomic E-state index is 11.6. The Labute approximate surface area is 192 Å². The lowest BCUT2D eigenvalue weighted by Gasteiger charge is -2.13. The highest BCUT2D eigenvalue weighted by molar-refractivity contribution is 14.0. The number of guanidine groups is 1. The van der Waals surface area contributed by atoms with Crippen molar-refractivity contribution in [3.8, 4) is 11.5 Å². The number of nitrogens with zero attached hydrogens (tertiary/aromatic N) is 1. The molecule has 0 spiro atoms. The van der Waals surface area contributed by atoms with Crippen molar-refractivity contribution in [2.24, 2.45) is 4.99 Å². The summed E-state index contributed by atoms with van der Waals surface area (Å²) in [6.45, 7) is 8.94. The first-order chi connectivity index (χ1) is 13.6. The number of benzene rings is 1. The van der Waals surface area contributed by atoms with Crippen molar-refractivity contribution in [1.29, 1.82) is 0 Å². The molecular weight excluding hydrogens is 483 g/mol. The Morgan fingerprint density at radius 1 is 1.00 bits per heavy atom. The molecular formula is C21H37IN4O3. The van der Waals surface area contributed by atoms with Crippen molar-refractivity contribution in [1.82, 2.24) is 16.0 Å². The molecule has 0 aliphatic heterocycles. The fourth-order valence-electron chi connectivity index (χ4n) is 2.59. The van der Waals surface area contributed by atoms with Gasteiger partial charge in [-0.05, 0) is 38.0 Å². The third-order valence-corrected chi connectivity index (χ3v) is 4.05. The second kappa shape index (κ2) is 17.2. The monoisotopic (exact) mass is 520 g/mol. The zero-order valence-corrected chi connectivity index (χ0v) is 20.5. The zero-order chi connectivity index (χ0) is 20.6. The Morgan fingerprint density at radius 3 is 2.41 bits per heavy atom. The summed E-state index contributed by atoms with van der Waals surface area (Å²) in [5.74, 6) is 1.80. The number of halogens is 1. The van der Waals surface area contributed by atoms with E-state index in [4.69, 9.17) is 9.47 Å². The minimum Gasteiger partial charge on any atom is -0.493 e. The van der Waals surface area contributed by atoms with Gasteiger partial charge in [0.15, 0.2) is 24.1 Å². The topological polar surface area (TPSA) is 84.0 Å². The number of carbonyl (C=O) groups excluding carboxylic acids is 1. The van der Waals surface area contributed by atoms with Gasteiger partial charge in [0.1, 0.15) is 0 Å². The summed E-state index contributed by atoms with van der Waals surface area (Å²) in [5, 5.41) is 9.34.